The molecule has 0 heterocycles. The van der Waals surface area contributed by atoms with Crippen LogP contribution in [0.25, 0.3) is 0 Å². The van der Waals surface area contributed by atoms with Gasteiger partial charge in [-0.25, -0.2) is 4.79 Å². The van der Waals surface area contributed by atoms with E-state index >= 15 is 0 Å². The molecule has 23 heavy (non-hydrogen) atoms. The smallest absolute Gasteiger partial charge is 0.407 e. The number of methoxy groups -OCH3 is 1. The van der Waals surface area contributed by atoms with E-state index in [1.807, 2.05) is 39.8 Å². The molecule has 0 bridgehead atoms. The molecule has 0 radical (unpaired) electrons. The SMILES string of the molecule is COc1ccc(CC(C)NCC(C)NC(=O)OC(C)(C)C)cc1. The molecular formula is C18H30N2O3. The third kappa shape index (κ3) is 8.45. The predicted octanol–water partition coefficient (Wildman–Crippen LogP) is 3.13. The molecule has 0 spiro atoms. The molecule has 130 valence electrons. The van der Waals surface area contributed by atoms with Crippen molar-refractivity contribution in [3.05, 3.63) is 29.8 Å². The fraction of sp³-hybridized carbons (Fsp3) is 0.611. The van der Waals surface area contributed by atoms with E-state index in [-0.39, 0.29) is 12.1 Å². The molecule has 0 fully saturated rings. The van der Waals surface area contributed by atoms with Gasteiger partial charge >= 0.3 is 6.09 Å². The highest BCUT2D eigenvalue weighted by atomic mass is 16.6. The van der Waals surface area contributed by atoms with E-state index in [9.17, 15) is 4.79 Å². The van der Waals surface area contributed by atoms with Crippen molar-refractivity contribution in [2.24, 2.45) is 0 Å². The summed E-state index contributed by atoms with van der Waals surface area (Å²) < 4.78 is 10.4. The van der Waals surface area contributed by atoms with Crippen molar-refractivity contribution in [3.8, 4) is 5.75 Å². The fourth-order valence-corrected chi connectivity index (χ4v) is 2.13. The number of nitrogens with one attached hydrogen (secondary N) is 2. The molecule has 2 unspecified atom stereocenters. The monoisotopic (exact) mass is 322 g/mol. The number of rotatable bonds is 7. The van der Waals surface area contributed by atoms with Crippen molar-refractivity contribution < 1.29 is 14.3 Å². The van der Waals surface area contributed by atoms with Crippen LogP contribution in [0.15, 0.2) is 24.3 Å². The van der Waals surface area contributed by atoms with Crippen molar-refractivity contribution in [1.29, 1.82) is 0 Å². The number of benzene rings is 1. The zero-order valence-electron chi connectivity index (χ0n) is 15.1. The van der Waals surface area contributed by atoms with E-state index in [0.717, 1.165) is 12.2 Å². The van der Waals surface area contributed by atoms with Crippen molar-refractivity contribution in [1.82, 2.24) is 10.6 Å². The summed E-state index contributed by atoms with van der Waals surface area (Å²) in [7, 11) is 1.66. The molecule has 1 rings (SSSR count). The first-order valence-electron chi connectivity index (χ1n) is 8.05. The molecular weight excluding hydrogens is 292 g/mol. The standard InChI is InChI=1S/C18H30N2O3/c1-13(11-15-7-9-16(22-6)10-8-15)19-12-14(2)20-17(21)23-18(3,4)5/h7-10,13-14,19H,11-12H2,1-6H3,(H,20,21). The Labute approximate surface area is 139 Å². The van der Waals surface area contributed by atoms with Crippen LogP contribution < -0.4 is 15.4 Å². The number of carbonyl (C=O) groups excluding carboxylic acids is 1. The van der Waals surface area contributed by atoms with Gasteiger partial charge in [0.1, 0.15) is 11.4 Å². The van der Waals surface area contributed by atoms with Gasteiger partial charge in [-0.3, -0.25) is 0 Å². The molecule has 5 heteroatoms. The van der Waals surface area contributed by atoms with Crippen LogP contribution in [0.5, 0.6) is 5.75 Å². The van der Waals surface area contributed by atoms with E-state index in [2.05, 4.69) is 29.7 Å². The van der Waals surface area contributed by atoms with E-state index in [0.29, 0.717) is 12.6 Å². The summed E-state index contributed by atoms with van der Waals surface area (Å²) in [5, 5.41) is 6.26. The highest BCUT2D eigenvalue weighted by molar-refractivity contribution is 5.68. The van der Waals surface area contributed by atoms with E-state index in [1.165, 1.54) is 5.56 Å². The second-order valence-corrected chi connectivity index (χ2v) is 6.91. The minimum atomic E-state index is -0.473. The summed E-state index contributed by atoms with van der Waals surface area (Å²) >= 11 is 0. The first kappa shape index (κ1) is 19.3. The summed E-state index contributed by atoms with van der Waals surface area (Å²) in [5.74, 6) is 0.865. The van der Waals surface area contributed by atoms with Crippen LogP contribution in [-0.4, -0.2) is 37.4 Å². The zero-order valence-corrected chi connectivity index (χ0v) is 15.1. The average molecular weight is 322 g/mol. The molecule has 0 aliphatic rings. The molecule has 1 aromatic carbocycles. The minimum Gasteiger partial charge on any atom is -0.497 e. The second kappa shape index (κ2) is 8.77. The number of amides is 1. The molecule has 1 aromatic rings. The molecule has 5 nitrogen and oxygen atoms in total. The third-order valence-electron chi connectivity index (χ3n) is 3.24. The lowest BCUT2D eigenvalue weighted by molar-refractivity contribution is 0.0507. The largest absolute Gasteiger partial charge is 0.497 e. The van der Waals surface area contributed by atoms with Gasteiger partial charge in [0.05, 0.1) is 7.11 Å². The minimum absolute atomic E-state index is 0.00293. The molecule has 0 aromatic heterocycles. The quantitative estimate of drug-likeness (QED) is 0.810. The Hall–Kier alpha value is -1.75. The molecule has 2 N–H and O–H groups in total. The number of hydrogen-bond donors (Lipinski definition) is 2. The first-order chi connectivity index (χ1) is 10.7. The van der Waals surface area contributed by atoms with Crippen LogP contribution in [0.3, 0.4) is 0 Å². The van der Waals surface area contributed by atoms with Gasteiger partial charge in [-0.15, -0.1) is 0 Å². The highest BCUT2D eigenvalue weighted by Gasteiger charge is 2.17. The van der Waals surface area contributed by atoms with Crippen molar-refractivity contribution in [3.63, 3.8) is 0 Å². The van der Waals surface area contributed by atoms with Crippen LogP contribution in [0.2, 0.25) is 0 Å². The Morgan fingerprint density at radius 2 is 1.74 bits per heavy atom. The highest BCUT2D eigenvalue weighted by Crippen LogP contribution is 2.12. The van der Waals surface area contributed by atoms with Crippen LogP contribution in [-0.2, 0) is 11.2 Å². The number of hydrogen-bond acceptors (Lipinski definition) is 4. The lowest BCUT2D eigenvalue weighted by atomic mass is 10.1. The summed E-state index contributed by atoms with van der Waals surface area (Å²) in [5.41, 5.74) is 0.775. The lowest BCUT2D eigenvalue weighted by Crippen LogP contribution is -2.44. The third-order valence-corrected chi connectivity index (χ3v) is 3.24. The summed E-state index contributed by atoms with van der Waals surface area (Å²) in [6.45, 7) is 10.3. The van der Waals surface area contributed by atoms with E-state index in [4.69, 9.17) is 9.47 Å². The fourth-order valence-electron chi connectivity index (χ4n) is 2.13. The number of alkyl carbamates (subject to hydrolysis) is 1. The van der Waals surface area contributed by atoms with Gasteiger partial charge in [0.2, 0.25) is 0 Å². The van der Waals surface area contributed by atoms with Gasteiger partial charge in [-0.05, 0) is 58.7 Å². The van der Waals surface area contributed by atoms with E-state index in [1.54, 1.807) is 7.11 Å². The molecule has 2 atom stereocenters. The second-order valence-electron chi connectivity index (χ2n) is 6.91. The molecule has 0 saturated heterocycles. The normalized spacial score (nSPS) is 14.0. The van der Waals surface area contributed by atoms with Crippen molar-refractivity contribution in [2.45, 2.75) is 58.7 Å². The Balaban J connectivity index is 2.31. The predicted molar refractivity (Wildman–Crippen MR) is 93.0 cm³/mol. The maximum atomic E-state index is 11.7. The molecule has 0 aliphatic carbocycles. The zero-order chi connectivity index (χ0) is 17.5. The van der Waals surface area contributed by atoms with Gasteiger partial charge in [0.25, 0.3) is 0 Å². The van der Waals surface area contributed by atoms with Gasteiger partial charge in [-0.1, -0.05) is 12.1 Å². The molecule has 0 aliphatic heterocycles. The summed E-state index contributed by atoms with van der Waals surface area (Å²) in [6.07, 6.45) is 0.540. The summed E-state index contributed by atoms with van der Waals surface area (Å²) in [6, 6.07) is 8.39. The van der Waals surface area contributed by atoms with Crippen LogP contribution in [0.4, 0.5) is 4.79 Å². The average Bonchev–Trinajstić information content (AvgIpc) is 2.44. The van der Waals surface area contributed by atoms with Gasteiger partial charge in [0, 0.05) is 18.6 Å². The lowest BCUT2D eigenvalue weighted by Gasteiger charge is -2.23. The van der Waals surface area contributed by atoms with Gasteiger partial charge in [0.15, 0.2) is 0 Å². The van der Waals surface area contributed by atoms with E-state index < -0.39 is 5.60 Å². The number of carbonyl (C=O) groups is 1. The van der Waals surface area contributed by atoms with Crippen LogP contribution in [0.1, 0.15) is 40.2 Å². The van der Waals surface area contributed by atoms with Gasteiger partial charge < -0.3 is 20.1 Å². The Bertz CT molecular complexity index is 480. The maximum absolute atomic E-state index is 11.7. The van der Waals surface area contributed by atoms with Gasteiger partial charge in [-0.2, -0.15) is 0 Å². The Morgan fingerprint density at radius 1 is 1.13 bits per heavy atom. The Kier molecular flexibility index (Phi) is 7.36. The van der Waals surface area contributed by atoms with Crippen LogP contribution in [0, 0.1) is 0 Å². The van der Waals surface area contributed by atoms with Crippen molar-refractivity contribution >= 4 is 6.09 Å². The molecule has 0 saturated carbocycles. The Morgan fingerprint density at radius 3 is 2.26 bits per heavy atom. The topological polar surface area (TPSA) is 59.6 Å². The molecule has 1 amide bonds. The first-order valence-corrected chi connectivity index (χ1v) is 8.05. The van der Waals surface area contributed by atoms with Crippen molar-refractivity contribution in [2.75, 3.05) is 13.7 Å². The number of ether oxygens (including phenoxy) is 2. The maximum Gasteiger partial charge on any atom is 0.407 e. The van der Waals surface area contributed by atoms with Crippen LogP contribution >= 0.6 is 0 Å². The summed E-state index contributed by atoms with van der Waals surface area (Å²) in [4.78, 5) is 11.7.